The van der Waals surface area contributed by atoms with Gasteiger partial charge >= 0.3 is 0 Å². The van der Waals surface area contributed by atoms with Crippen molar-refractivity contribution in [3.63, 3.8) is 0 Å². The molecule has 2 N–H and O–H groups in total. The van der Waals surface area contributed by atoms with E-state index in [2.05, 4.69) is 10.0 Å². The Hall–Kier alpha value is -2.84. The number of sulfonamides is 1. The number of hydrogen-bond donors (Lipinski definition) is 2. The van der Waals surface area contributed by atoms with Crippen LogP contribution in [0.25, 0.3) is 6.08 Å². The topological polar surface area (TPSA) is 93.7 Å². The number of amides is 1. The van der Waals surface area contributed by atoms with Gasteiger partial charge in [0.05, 0.1) is 24.8 Å². The van der Waals surface area contributed by atoms with Crippen LogP contribution in [0.2, 0.25) is 0 Å². The van der Waals surface area contributed by atoms with Crippen LogP contribution < -0.4 is 19.5 Å². The number of hydrogen-bond acceptors (Lipinski definition) is 5. The van der Waals surface area contributed by atoms with Gasteiger partial charge in [0.2, 0.25) is 15.9 Å². The van der Waals surface area contributed by atoms with E-state index in [1.807, 2.05) is 18.2 Å². The summed E-state index contributed by atoms with van der Waals surface area (Å²) in [6, 6.07) is 11.6. The average molecular weight is 402 g/mol. The van der Waals surface area contributed by atoms with Crippen molar-refractivity contribution in [3.05, 3.63) is 54.1 Å². The molecule has 7 nitrogen and oxygen atoms in total. The Morgan fingerprint density at radius 2 is 1.79 bits per heavy atom. The molecule has 0 aromatic heterocycles. The van der Waals surface area contributed by atoms with Crippen LogP contribution in [0.1, 0.15) is 18.4 Å². The Morgan fingerprint density at radius 3 is 2.46 bits per heavy atom. The second-order valence-electron chi connectivity index (χ2n) is 6.32. The molecule has 28 heavy (non-hydrogen) atoms. The van der Waals surface area contributed by atoms with Crippen molar-refractivity contribution in [2.45, 2.75) is 23.8 Å². The summed E-state index contributed by atoms with van der Waals surface area (Å²) in [6.45, 7) is 0. The molecule has 0 heterocycles. The van der Waals surface area contributed by atoms with Crippen LogP contribution in [0.5, 0.6) is 11.5 Å². The van der Waals surface area contributed by atoms with E-state index in [1.54, 1.807) is 19.3 Å². The molecule has 1 saturated carbocycles. The van der Waals surface area contributed by atoms with Gasteiger partial charge in [-0.2, -0.15) is 0 Å². The molecular formula is C20H22N2O5S. The van der Waals surface area contributed by atoms with Gasteiger partial charge in [0.15, 0.2) is 0 Å². The minimum atomic E-state index is -3.64. The van der Waals surface area contributed by atoms with Gasteiger partial charge in [0, 0.05) is 17.7 Å². The molecule has 0 aliphatic heterocycles. The lowest BCUT2D eigenvalue weighted by atomic mass is 10.2. The lowest BCUT2D eigenvalue weighted by molar-refractivity contribution is -0.111. The van der Waals surface area contributed by atoms with Crippen LogP contribution in [0.3, 0.4) is 0 Å². The number of benzene rings is 2. The molecule has 2 aromatic carbocycles. The van der Waals surface area contributed by atoms with E-state index in [0.29, 0.717) is 11.5 Å². The zero-order valence-corrected chi connectivity index (χ0v) is 16.5. The molecule has 2 aromatic rings. The molecular weight excluding hydrogens is 380 g/mol. The summed E-state index contributed by atoms with van der Waals surface area (Å²) in [5.41, 5.74) is 1.02. The van der Waals surface area contributed by atoms with Gasteiger partial charge in [-0.3, -0.25) is 4.79 Å². The van der Waals surface area contributed by atoms with Crippen LogP contribution in [0.15, 0.2) is 53.4 Å². The quantitative estimate of drug-likeness (QED) is 0.662. The van der Waals surface area contributed by atoms with E-state index in [0.717, 1.165) is 18.4 Å². The fourth-order valence-electron chi connectivity index (χ4n) is 2.58. The Labute approximate surface area is 164 Å². The van der Waals surface area contributed by atoms with E-state index in [9.17, 15) is 13.2 Å². The number of rotatable bonds is 8. The molecule has 0 spiro atoms. The number of carbonyl (C=O) groups is 1. The fourth-order valence-corrected chi connectivity index (χ4v) is 3.92. The normalized spacial score (nSPS) is 14.1. The number of para-hydroxylation sites is 1. The van der Waals surface area contributed by atoms with Crippen molar-refractivity contribution in [3.8, 4) is 11.5 Å². The second kappa shape index (κ2) is 8.45. The van der Waals surface area contributed by atoms with Gasteiger partial charge in [-0.1, -0.05) is 18.2 Å². The van der Waals surface area contributed by atoms with Crippen molar-refractivity contribution in [1.82, 2.24) is 4.72 Å². The van der Waals surface area contributed by atoms with Gasteiger partial charge in [-0.05, 0) is 43.2 Å². The van der Waals surface area contributed by atoms with Crippen molar-refractivity contribution in [2.75, 3.05) is 19.5 Å². The molecule has 1 fully saturated rings. The summed E-state index contributed by atoms with van der Waals surface area (Å²) in [6.07, 6.45) is 4.65. The molecule has 0 bridgehead atoms. The van der Waals surface area contributed by atoms with Crippen LogP contribution in [-0.4, -0.2) is 34.6 Å². The number of nitrogens with one attached hydrogen (secondary N) is 2. The predicted octanol–water partition coefficient (Wildman–Crippen LogP) is 2.80. The minimum Gasteiger partial charge on any atom is -0.496 e. The Balaban J connectivity index is 1.79. The van der Waals surface area contributed by atoms with E-state index in [1.165, 1.54) is 31.4 Å². The molecule has 1 aliphatic rings. The standard InChI is InChI=1S/C20H22N2O5S/c1-26-18-6-4-3-5-14(18)7-12-20(23)21-17-13-16(10-11-19(17)27-2)28(24,25)22-15-8-9-15/h3-7,10-13,15,22H,8-9H2,1-2H3,(H,21,23)/b12-7+. The SMILES string of the molecule is COc1ccccc1/C=C/C(=O)Nc1cc(S(=O)(=O)NC2CC2)ccc1OC. The molecule has 8 heteroatoms. The molecule has 0 radical (unpaired) electrons. The first kappa shape index (κ1) is 19.9. The summed E-state index contributed by atoms with van der Waals surface area (Å²) in [7, 11) is -0.631. The highest BCUT2D eigenvalue weighted by atomic mass is 32.2. The first-order chi connectivity index (χ1) is 13.4. The summed E-state index contributed by atoms with van der Waals surface area (Å²) in [5.74, 6) is 0.585. The van der Waals surface area contributed by atoms with E-state index in [-0.39, 0.29) is 16.6 Å². The maximum Gasteiger partial charge on any atom is 0.248 e. The molecule has 1 amide bonds. The third kappa shape index (κ3) is 4.90. The minimum absolute atomic E-state index is 0.00562. The Kier molecular flexibility index (Phi) is 6.01. The Bertz CT molecular complexity index is 997. The fraction of sp³-hybridized carbons (Fsp3) is 0.250. The summed E-state index contributed by atoms with van der Waals surface area (Å²) >= 11 is 0. The maximum atomic E-state index is 12.4. The van der Waals surface area contributed by atoms with Crippen LogP contribution in [0, 0.1) is 0 Å². The van der Waals surface area contributed by atoms with Crippen LogP contribution >= 0.6 is 0 Å². The smallest absolute Gasteiger partial charge is 0.248 e. The highest BCUT2D eigenvalue weighted by molar-refractivity contribution is 7.89. The third-order valence-corrected chi connectivity index (χ3v) is 5.71. The second-order valence-corrected chi connectivity index (χ2v) is 8.04. The molecule has 0 saturated heterocycles. The first-order valence-electron chi connectivity index (χ1n) is 8.75. The van der Waals surface area contributed by atoms with Crippen molar-refractivity contribution in [2.24, 2.45) is 0 Å². The van der Waals surface area contributed by atoms with Crippen molar-refractivity contribution >= 4 is 27.7 Å². The van der Waals surface area contributed by atoms with Crippen molar-refractivity contribution < 1.29 is 22.7 Å². The lowest BCUT2D eigenvalue weighted by Gasteiger charge is -2.12. The molecule has 0 unspecified atom stereocenters. The van der Waals surface area contributed by atoms with Gasteiger partial charge in [-0.25, -0.2) is 13.1 Å². The zero-order chi connectivity index (χ0) is 20.1. The third-order valence-electron chi connectivity index (χ3n) is 4.19. The summed E-state index contributed by atoms with van der Waals surface area (Å²) in [4.78, 5) is 12.4. The van der Waals surface area contributed by atoms with Crippen LogP contribution in [-0.2, 0) is 14.8 Å². The lowest BCUT2D eigenvalue weighted by Crippen LogP contribution is -2.25. The highest BCUT2D eigenvalue weighted by Gasteiger charge is 2.28. The predicted molar refractivity (Wildman–Crippen MR) is 107 cm³/mol. The Morgan fingerprint density at radius 1 is 1.07 bits per heavy atom. The monoisotopic (exact) mass is 402 g/mol. The van der Waals surface area contributed by atoms with Gasteiger partial charge < -0.3 is 14.8 Å². The molecule has 0 atom stereocenters. The number of methoxy groups -OCH3 is 2. The maximum absolute atomic E-state index is 12.4. The van der Waals surface area contributed by atoms with Crippen molar-refractivity contribution in [1.29, 1.82) is 0 Å². The average Bonchev–Trinajstić information content (AvgIpc) is 3.49. The first-order valence-corrected chi connectivity index (χ1v) is 10.2. The number of carbonyl (C=O) groups excluding carboxylic acids is 1. The molecule has 148 valence electrons. The molecule has 3 rings (SSSR count). The summed E-state index contributed by atoms with van der Waals surface area (Å²) in [5, 5.41) is 2.67. The largest absolute Gasteiger partial charge is 0.496 e. The van der Waals surface area contributed by atoms with Crippen LogP contribution in [0.4, 0.5) is 5.69 Å². The van der Waals surface area contributed by atoms with Gasteiger partial charge in [0.1, 0.15) is 11.5 Å². The zero-order valence-electron chi connectivity index (χ0n) is 15.6. The summed E-state index contributed by atoms with van der Waals surface area (Å²) < 4.78 is 37.9. The highest BCUT2D eigenvalue weighted by Crippen LogP contribution is 2.29. The van der Waals surface area contributed by atoms with E-state index < -0.39 is 15.9 Å². The number of anilines is 1. The van der Waals surface area contributed by atoms with E-state index >= 15 is 0 Å². The number of ether oxygens (including phenoxy) is 2. The van der Waals surface area contributed by atoms with Gasteiger partial charge in [0.25, 0.3) is 0 Å². The van der Waals surface area contributed by atoms with E-state index in [4.69, 9.17) is 9.47 Å². The van der Waals surface area contributed by atoms with Gasteiger partial charge in [-0.15, -0.1) is 0 Å². The molecule has 1 aliphatic carbocycles.